The Morgan fingerprint density at radius 2 is 1.95 bits per heavy atom. The Kier molecular flexibility index (Phi) is 3.60. The minimum atomic E-state index is 0.716. The highest BCUT2D eigenvalue weighted by molar-refractivity contribution is 7.13. The number of nitrogens with one attached hydrogen (secondary N) is 1. The van der Waals surface area contributed by atoms with Crippen LogP contribution in [0.1, 0.15) is 5.69 Å². The van der Waals surface area contributed by atoms with Crippen molar-refractivity contribution in [3.8, 4) is 11.5 Å². The van der Waals surface area contributed by atoms with E-state index in [1.807, 2.05) is 54.8 Å². The van der Waals surface area contributed by atoms with Crippen molar-refractivity contribution in [2.45, 2.75) is 6.92 Å². The van der Waals surface area contributed by atoms with E-state index < -0.39 is 0 Å². The third-order valence-corrected chi connectivity index (χ3v) is 3.44. The van der Waals surface area contributed by atoms with Gasteiger partial charge in [-0.1, -0.05) is 18.2 Å². The summed E-state index contributed by atoms with van der Waals surface area (Å²) >= 11 is 1.55. The Hall–Kier alpha value is -2.40. The predicted octanol–water partition coefficient (Wildman–Crippen LogP) is 4.38. The number of ether oxygens (including phenoxy) is 1. The first kappa shape index (κ1) is 12.6. The zero-order valence-electron chi connectivity index (χ0n) is 10.9. The van der Waals surface area contributed by atoms with E-state index in [2.05, 4.69) is 15.3 Å². The van der Waals surface area contributed by atoms with Gasteiger partial charge in [0.1, 0.15) is 17.3 Å². The molecular formula is C15H13N3OS. The van der Waals surface area contributed by atoms with Crippen LogP contribution in [-0.4, -0.2) is 9.97 Å². The van der Waals surface area contributed by atoms with E-state index in [1.165, 1.54) is 0 Å². The van der Waals surface area contributed by atoms with E-state index in [4.69, 9.17) is 4.74 Å². The molecule has 1 N–H and O–H groups in total. The number of nitrogens with zero attached hydrogens (tertiary/aromatic N) is 2. The van der Waals surface area contributed by atoms with Crippen LogP contribution in [-0.2, 0) is 0 Å². The molecule has 0 aliphatic carbocycles. The number of pyridine rings is 1. The minimum absolute atomic E-state index is 0.716. The molecule has 1 aromatic carbocycles. The van der Waals surface area contributed by atoms with Crippen molar-refractivity contribution in [1.29, 1.82) is 0 Å². The standard InChI is InChI=1S/C15H13N3OS/c1-11-10-20-15(17-11)18-14-9-13(7-8-16-14)19-12-5-3-2-4-6-12/h2-10H,1H3,(H,16,17,18). The average molecular weight is 283 g/mol. The van der Waals surface area contributed by atoms with Crippen molar-refractivity contribution in [1.82, 2.24) is 9.97 Å². The second-order valence-corrected chi connectivity index (χ2v) is 5.07. The first-order chi connectivity index (χ1) is 9.79. The molecule has 3 rings (SSSR count). The van der Waals surface area contributed by atoms with Crippen LogP contribution in [0, 0.1) is 6.92 Å². The highest BCUT2D eigenvalue weighted by Gasteiger charge is 2.03. The van der Waals surface area contributed by atoms with E-state index in [0.29, 0.717) is 5.82 Å². The lowest BCUT2D eigenvalue weighted by Gasteiger charge is -2.07. The van der Waals surface area contributed by atoms with Crippen molar-refractivity contribution < 1.29 is 4.74 Å². The quantitative estimate of drug-likeness (QED) is 0.771. The maximum Gasteiger partial charge on any atom is 0.188 e. The Morgan fingerprint density at radius 3 is 2.70 bits per heavy atom. The number of rotatable bonds is 4. The molecule has 0 saturated carbocycles. The molecule has 4 nitrogen and oxygen atoms in total. The van der Waals surface area contributed by atoms with Crippen molar-refractivity contribution in [3.63, 3.8) is 0 Å². The van der Waals surface area contributed by atoms with Gasteiger partial charge in [-0.25, -0.2) is 9.97 Å². The third kappa shape index (κ3) is 3.13. The third-order valence-electron chi connectivity index (χ3n) is 2.56. The first-order valence-corrected chi connectivity index (χ1v) is 7.06. The van der Waals surface area contributed by atoms with Gasteiger partial charge < -0.3 is 10.1 Å². The Balaban J connectivity index is 1.76. The van der Waals surface area contributed by atoms with Crippen molar-refractivity contribution in [2.75, 3.05) is 5.32 Å². The number of hydrogen-bond acceptors (Lipinski definition) is 5. The van der Waals surface area contributed by atoms with Gasteiger partial charge >= 0.3 is 0 Å². The predicted molar refractivity (Wildman–Crippen MR) is 80.9 cm³/mol. The van der Waals surface area contributed by atoms with Gasteiger partial charge in [-0.05, 0) is 25.1 Å². The fraction of sp³-hybridized carbons (Fsp3) is 0.0667. The molecule has 0 saturated heterocycles. The van der Waals surface area contributed by atoms with Crippen molar-refractivity contribution in [2.24, 2.45) is 0 Å². The van der Waals surface area contributed by atoms with Gasteiger partial charge in [0.25, 0.3) is 0 Å². The molecule has 5 heteroatoms. The molecule has 0 unspecified atom stereocenters. The monoisotopic (exact) mass is 283 g/mol. The van der Waals surface area contributed by atoms with Gasteiger partial charge in [0, 0.05) is 17.6 Å². The van der Waals surface area contributed by atoms with E-state index in [0.717, 1.165) is 22.3 Å². The molecule has 0 aliphatic rings. The average Bonchev–Trinajstić information content (AvgIpc) is 2.86. The number of benzene rings is 1. The molecule has 20 heavy (non-hydrogen) atoms. The lowest BCUT2D eigenvalue weighted by atomic mass is 10.3. The fourth-order valence-electron chi connectivity index (χ4n) is 1.69. The summed E-state index contributed by atoms with van der Waals surface area (Å²) in [7, 11) is 0. The Morgan fingerprint density at radius 1 is 1.10 bits per heavy atom. The Labute approximate surface area is 121 Å². The van der Waals surface area contributed by atoms with Crippen LogP contribution in [0.2, 0.25) is 0 Å². The van der Waals surface area contributed by atoms with E-state index in [1.54, 1.807) is 17.5 Å². The van der Waals surface area contributed by atoms with Crippen molar-refractivity contribution in [3.05, 3.63) is 59.7 Å². The highest BCUT2D eigenvalue weighted by Crippen LogP contribution is 2.25. The normalized spacial score (nSPS) is 10.2. The molecule has 0 aliphatic heterocycles. The molecule has 0 fully saturated rings. The maximum atomic E-state index is 5.76. The molecule has 0 bridgehead atoms. The number of anilines is 2. The van der Waals surface area contributed by atoms with Crippen LogP contribution < -0.4 is 10.1 Å². The van der Waals surface area contributed by atoms with E-state index in [9.17, 15) is 0 Å². The summed E-state index contributed by atoms with van der Waals surface area (Å²) in [6, 6.07) is 13.3. The minimum Gasteiger partial charge on any atom is -0.457 e. The highest BCUT2D eigenvalue weighted by atomic mass is 32.1. The van der Waals surface area contributed by atoms with Gasteiger partial charge in [0.05, 0.1) is 5.69 Å². The largest absolute Gasteiger partial charge is 0.457 e. The van der Waals surface area contributed by atoms with Gasteiger partial charge in [0.15, 0.2) is 5.13 Å². The smallest absolute Gasteiger partial charge is 0.188 e. The van der Waals surface area contributed by atoms with Crippen LogP contribution in [0.15, 0.2) is 54.0 Å². The number of aromatic nitrogens is 2. The lowest BCUT2D eigenvalue weighted by molar-refractivity contribution is 0.482. The summed E-state index contributed by atoms with van der Waals surface area (Å²) < 4.78 is 5.76. The summed E-state index contributed by atoms with van der Waals surface area (Å²) in [5.41, 5.74) is 0.995. The van der Waals surface area contributed by atoms with E-state index in [-0.39, 0.29) is 0 Å². The van der Waals surface area contributed by atoms with Gasteiger partial charge in [-0.15, -0.1) is 11.3 Å². The second kappa shape index (κ2) is 5.71. The zero-order chi connectivity index (χ0) is 13.8. The summed E-state index contributed by atoms with van der Waals surface area (Å²) in [4.78, 5) is 8.61. The molecule has 3 aromatic rings. The number of thiazole rings is 1. The summed E-state index contributed by atoms with van der Waals surface area (Å²) in [5.74, 6) is 2.25. The molecule has 2 aromatic heterocycles. The molecular weight excluding hydrogens is 270 g/mol. The van der Waals surface area contributed by atoms with Crippen LogP contribution in [0.5, 0.6) is 11.5 Å². The van der Waals surface area contributed by atoms with E-state index >= 15 is 0 Å². The number of para-hydroxylation sites is 1. The fourth-order valence-corrected chi connectivity index (χ4v) is 2.38. The topological polar surface area (TPSA) is 47.0 Å². The van der Waals surface area contributed by atoms with Crippen LogP contribution in [0.3, 0.4) is 0 Å². The van der Waals surface area contributed by atoms with Crippen LogP contribution in [0.25, 0.3) is 0 Å². The molecule has 0 amide bonds. The lowest BCUT2D eigenvalue weighted by Crippen LogP contribution is -1.93. The van der Waals surface area contributed by atoms with Crippen molar-refractivity contribution >= 4 is 22.3 Å². The maximum absolute atomic E-state index is 5.76. The molecule has 100 valence electrons. The number of aryl methyl sites for hydroxylation is 1. The zero-order valence-corrected chi connectivity index (χ0v) is 11.7. The summed E-state index contributed by atoms with van der Waals surface area (Å²) in [5, 5.41) is 5.99. The van der Waals surface area contributed by atoms with Crippen LogP contribution >= 0.6 is 11.3 Å². The van der Waals surface area contributed by atoms with Gasteiger partial charge in [0.2, 0.25) is 0 Å². The summed E-state index contributed by atoms with van der Waals surface area (Å²) in [6.07, 6.45) is 1.71. The van der Waals surface area contributed by atoms with Crippen LogP contribution in [0.4, 0.5) is 10.9 Å². The van der Waals surface area contributed by atoms with Gasteiger partial charge in [-0.2, -0.15) is 0 Å². The molecule has 0 atom stereocenters. The number of hydrogen-bond donors (Lipinski definition) is 1. The molecule has 0 radical (unpaired) electrons. The van der Waals surface area contributed by atoms with Gasteiger partial charge in [-0.3, -0.25) is 0 Å². The molecule has 2 heterocycles. The Bertz CT molecular complexity index is 697. The molecule has 0 spiro atoms. The SMILES string of the molecule is Cc1csc(Nc2cc(Oc3ccccc3)ccn2)n1. The first-order valence-electron chi connectivity index (χ1n) is 6.18. The second-order valence-electron chi connectivity index (χ2n) is 4.21. The summed E-state index contributed by atoms with van der Waals surface area (Å²) in [6.45, 7) is 1.96.